The first-order valence-electron chi connectivity index (χ1n) is 7.92. The van der Waals surface area contributed by atoms with Gasteiger partial charge in [-0.3, -0.25) is 14.6 Å². The first-order chi connectivity index (χ1) is 12.0. The van der Waals surface area contributed by atoms with Crippen LogP contribution in [0.15, 0.2) is 42.7 Å². The molecule has 2 amide bonds. The Balaban J connectivity index is 1.57. The largest absolute Gasteiger partial charge is 0.352 e. The van der Waals surface area contributed by atoms with E-state index >= 15 is 0 Å². The fourth-order valence-corrected chi connectivity index (χ4v) is 3.06. The Kier molecular flexibility index (Phi) is 5.28. The second-order valence-electron chi connectivity index (χ2n) is 5.95. The van der Waals surface area contributed by atoms with E-state index in [1.54, 1.807) is 23.4 Å². The number of halogens is 2. The Hall–Kier alpha value is -2.47. The molecule has 25 heavy (non-hydrogen) atoms. The van der Waals surface area contributed by atoms with Crippen LogP contribution in [-0.2, 0) is 22.7 Å². The van der Waals surface area contributed by atoms with Crippen molar-refractivity contribution in [1.29, 1.82) is 0 Å². The fraction of sp³-hybridized carbons (Fsp3) is 0.278. The van der Waals surface area contributed by atoms with E-state index in [0.29, 0.717) is 13.1 Å². The number of likely N-dealkylation sites (tertiary alicyclic amines) is 1. The zero-order valence-corrected chi connectivity index (χ0v) is 14.2. The molecule has 1 aliphatic rings. The number of pyridine rings is 1. The van der Waals surface area contributed by atoms with Gasteiger partial charge in [0, 0.05) is 49.0 Å². The molecule has 0 saturated carbocycles. The van der Waals surface area contributed by atoms with Crippen molar-refractivity contribution >= 4 is 23.4 Å². The highest BCUT2D eigenvalue weighted by molar-refractivity contribution is 6.31. The number of carbonyl (C=O) groups is 2. The summed E-state index contributed by atoms with van der Waals surface area (Å²) in [7, 11) is 0. The molecule has 0 aliphatic carbocycles. The SMILES string of the molecule is O=C(NCc1c(F)cccc1Cl)[C@H]1CC(=O)N(Cc2ccncc2)C1. The molecule has 0 bridgehead atoms. The van der Waals surface area contributed by atoms with Gasteiger partial charge >= 0.3 is 0 Å². The van der Waals surface area contributed by atoms with Crippen molar-refractivity contribution in [2.45, 2.75) is 19.5 Å². The molecule has 130 valence electrons. The Morgan fingerprint density at radius 1 is 1.32 bits per heavy atom. The number of aromatic nitrogens is 1. The molecule has 2 aromatic rings. The summed E-state index contributed by atoms with van der Waals surface area (Å²) in [4.78, 5) is 30.0. The van der Waals surface area contributed by atoms with E-state index in [-0.39, 0.29) is 35.4 Å². The minimum Gasteiger partial charge on any atom is -0.352 e. The van der Waals surface area contributed by atoms with E-state index in [4.69, 9.17) is 11.6 Å². The first-order valence-corrected chi connectivity index (χ1v) is 8.29. The zero-order chi connectivity index (χ0) is 17.8. The maximum absolute atomic E-state index is 13.7. The highest BCUT2D eigenvalue weighted by atomic mass is 35.5. The van der Waals surface area contributed by atoms with Gasteiger partial charge < -0.3 is 10.2 Å². The van der Waals surface area contributed by atoms with Crippen molar-refractivity contribution in [2.75, 3.05) is 6.54 Å². The van der Waals surface area contributed by atoms with Crippen molar-refractivity contribution in [1.82, 2.24) is 15.2 Å². The first kappa shape index (κ1) is 17.4. The molecular formula is C18H17ClFN3O2. The van der Waals surface area contributed by atoms with Crippen LogP contribution in [-0.4, -0.2) is 28.2 Å². The summed E-state index contributed by atoms with van der Waals surface area (Å²) < 4.78 is 13.7. The van der Waals surface area contributed by atoms with Crippen LogP contribution in [0.4, 0.5) is 4.39 Å². The van der Waals surface area contributed by atoms with Gasteiger partial charge in [0.25, 0.3) is 0 Å². The van der Waals surface area contributed by atoms with Gasteiger partial charge in [-0.05, 0) is 29.8 Å². The van der Waals surface area contributed by atoms with Crippen molar-refractivity contribution < 1.29 is 14.0 Å². The molecule has 0 spiro atoms. The quantitative estimate of drug-likeness (QED) is 0.890. The minimum atomic E-state index is -0.463. The Morgan fingerprint density at radius 2 is 2.08 bits per heavy atom. The van der Waals surface area contributed by atoms with Gasteiger partial charge in [-0.1, -0.05) is 17.7 Å². The summed E-state index contributed by atoms with van der Waals surface area (Å²) in [5.74, 6) is -1.25. The normalized spacial score (nSPS) is 17.0. The third kappa shape index (κ3) is 4.14. The van der Waals surface area contributed by atoms with Crippen LogP contribution in [0, 0.1) is 11.7 Å². The van der Waals surface area contributed by atoms with Gasteiger partial charge in [0.15, 0.2) is 0 Å². The zero-order valence-electron chi connectivity index (χ0n) is 13.4. The van der Waals surface area contributed by atoms with E-state index in [0.717, 1.165) is 5.56 Å². The van der Waals surface area contributed by atoms with Crippen LogP contribution in [0.1, 0.15) is 17.5 Å². The number of benzene rings is 1. The summed E-state index contributed by atoms with van der Waals surface area (Å²) in [5, 5.41) is 2.94. The molecule has 1 fully saturated rings. The molecule has 0 unspecified atom stereocenters. The number of nitrogens with one attached hydrogen (secondary N) is 1. The topological polar surface area (TPSA) is 62.3 Å². The molecule has 1 aromatic heterocycles. The highest BCUT2D eigenvalue weighted by Gasteiger charge is 2.34. The molecule has 7 heteroatoms. The number of amides is 2. The van der Waals surface area contributed by atoms with E-state index in [9.17, 15) is 14.0 Å². The van der Waals surface area contributed by atoms with Crippen LogP contribution in [0.5, 0.6) is 0 Å². The molecule has 1 aliphatic heterocycles. The van der Waals surface area contributed by atoms with Crippen molar-refractivity contribution in [3.8, 4) is 0 Å². The molecule has 1 atom stereocenters. The predicted octanol–water partition coefficient (Wildman–Crippen LogP) is 2.54. The molecule has 1 saturated heterocycles. The summed E-state index contributed by atoms with van der Waals surface area (Å²) in [6.07, 6.45) is 3.48. The van der Waals surface area contributed by atoms with Gasteiger partial charge in [0.1, 0.15) is 5.82 Å². The smallest absolute Gasteiger partial charge is 0.225 e. The van der Waals surface area contributed by atoms with Crippen LogP contribution >= 0.6 is 11.6 Å². The standard InChI is InChI=1S/C18H17ClFN3O2/c19-15-2-1-3-16(20)14(15)9-22-18(25)13-8-17(24)23(11-13)10-12-4-6-21-7-5-12/h1-7,13H,8-11H2,(H,22,25)/t13-/m0/s1. The lowest BCUT2D eigenvalue weighted by Gasteiger charge is -2.16. The summed E-state index contributed by atoms with van der Waals surface area (Å²) in [5.41, 5.74) is 1.21. The third-order valence-corrected chi connectivity index (χ3v) is 4.56. The summed E-state index contributed by atoms with van der Waals surface area (Å²) in [6, 6.07) is 8.04. The van der Waals surface area contributed by atoms with E-state index in [1.807, 2.05) is 12.1 Å². The minimum absolute atomic E-state index is 0.000610. The van der Waals surface area contributed by atoms with Crippen LogP contribution in [0.3, 0.4) is 0 Å². The second-order valence-corrected chi connectivity index (χ2v) is 6.36. The average molecular weight is 362 g/mol. The molecule has 2 heterocycles. The monoisotopic (exact) mass is 361 g/mol. The van der Waals surface area contributed by atoms with Crippen molar-refractivity contribution in [2.24, 2.45) is 5.92 Å². The lowest BCUT2D eigenvalue weighted by molar-refractivity contribution is -0.129. The number of nitrogens with zero attached hydrogens (tertiary/aromatic N) is 2. The third-order valence-electron chi connectivity index (χ3n) is 4.21. The average Bonchev–Trinajstić information content (AvgIpc) is 2.96. The maximum Gasteiger partial charge on any atom is 0.225 e. The molecule has 3 rings (SSSR count). The van der Waals surface area contributed by atoms with E-state index in [1.165, 1.54) is 12.1 Å². The highest BCUT2D eigenvalue weighted by Crippen LogP contribution is 2.22. The Labute approximate surface area is 149 Å². The maximum atomic E-state index is 13.7. The Bertz CT molecular complexity index is 765. The molecule has 0 radical (unpaired) electrons. The number of rotatable bonds is 5. The van der Waals surface area contributed by atoms with Crippen LogP contribution in [0.2, 0.25) is 5.02 Å². The molecule has 1 aromatic carbocycles. The molecule has 1 N–H and O–H groups in total. The second kappa shape index (κ2) is 7.61. The van der Waals surface area contributed by atoms with Gasteiger partial charge in [-0.25, -0.2) is 4.39 Å². The van der Waals surface area contributed by atoms with Crippen molar-refractivity contribution in [3.05, 3.63) is 64.7 Å². The van der Waals surface area contributed by atoms with Crippen LogP contribution in [0.25, 0.3) is 0 Å². The van der Waals surface area contributed by atoms with E-state index < -0.39 is 11.7 Å². The van der Waals surface area contributed by atoms with Gasteiger partial charge in [-0.15, -0.1) is 0 Å². The Morgan fingerprint density at radius 3 is 2.80 bits per heavy atom. The summed E-state index contributed by atoms with van der Waals surface area (Å²) >= 11 is 5.95. The fourth-order valence-electron chi connectivity index (χ4n) is 2.83. The summed E-state index contributed by atoms with van der Waals surface area (Å²) in [6.45, 7) is 0.793. The number of hydrogen-bond donors (Lipinski definition) is 1. The molecular weight excluding hydrogens is 345 g/mol. The van der Waals surface area contributed by atoms with Gasteiger partial charge in [-0.2, -0.15) is 0 Å². The lowest BCUT2D eigenvalue weighted by atomic mass is 10.1. The van der Waals surface area contributed by atoms with Crippen molar-refractivity contribution in [3.63, 3.8) is 0 Å². The molecule has 5 nitrogen and oxygen atoms in total. The van der Waals surface area contributed by atoms with Crippen LogP contribution < -0.4 is 5.32 Å². The number of hydrogen-bond acceptors (Lipinski definition) is 3. The lowest BCUT2D eigenvalue weighted by Crippen LogP contribution is -2.32. The van der Waals surface area contributed by atoms with Gasteiger partial charge in [0.05, 0.1) is 5.92 Å². The number of carbonyl (C=O) groups excluding carboxylic acids is 2. The van der Waals surface area contributed by atoms with Gasteiger partial charge in [0.2, 0.25) is 11.8 Å². The predicted molar refractivity (Wildman–Crippen MR) is 91.0 cm³/mol. The van der Waals surface area contributed by atoms with E-state index in [2.05, 4.69) is 10.3 Å².